The summed E-state index contributed by atoms with van der Waals surface area (Å²) < 4.78 is 1.86. The van der Waals surface area contributed by atoms with E-state index in [-0.39, 0.29) is 12.3 Å². The van der Waals surface area contributed by atoms with Crippen molar-refractivity contribution in [3.05, 3.63) is 58.1 Å². The molecule has 0 spiro atoms. The first-order valence-electron chi connectivity index (χ1n) is 9.45. The molecule has 2 N–H and O–H groups in total. The Labute approximate surface area is 158 Å². The van der Waals surface area contributed by atoms with Crippen molar-refractivity contribution < 1.29 is 9.90 Å². The van der Waals surface area contributed by atoms with Gasteiger partial charge in [-0.25, -0.2) is 4.68 Å². The zero-order valence-electron chi connectivity index (χ0n) is 15.7. The molecule has 0 radical (unpaired) electrons. The Kier molecular flexibility index (Phi) is 4.66. The van der Waals surface area contributed by atoms with E-state index in [2.05, 4.69) is 33.8 Å². The van der Waals surface area contributed by atoms with Crippen LogP contribution in [-0.2, 0) is 24.3 Å². The van der Waals surface area contributed by atoms with E-state index in [0.717, 1.165) is 53.8 Å². The fourth-order valence-electron chi connectivity index (χ4n) is 4.09. The van der Waals surface area contributed by atoms with Gasteiger partial charge in [0.2, 0.25) is 0 Å². The lowest BCUT2D eigenvalue weighted by Gasteiger charge is -2.23. The van der Waals surface area contributed by atoms with E-state index in [1.165, 1.54) is 11.1 Å². The molecule has 0 bridgehead atoms. The minimum Gasteiger partial charge on any atom is -0.481 e. The van der Waals surface area contributed by atoms with Crippen LogP contribution in [0, 0.1) is 6.92 Å². The van der Waals surface area contributed by atoms with Crippen molar-refractivity contribution in [1.29, 1.82) is 0 Å². The molecule has 0 amide bonds. The predicted molar refractivity (Wildman–Crippen MR) is 104 cm³/mol. The summed E-state index contributed by atoms with van der Waals surface area (Å²) in [5, 5.41) is 21.5. The van der Waals surface area contributed by atoms with E-state index >= 15 is 0 Å². The van der Waals surface area contributed by atoms with Crippen molar-refractivity contribution in [3.63, 3.8) is 0 Å². The van der Waals surface area contributed by atoms with Gasteiger partial charge in [-0.1, -0.05) is 29.5 Å². The minimum absolute atomic E-state index is 0.0560. The molecule has 2 aromatic carbocycles. The average Bonchev–Trinajstić information content (AvgIpc) is 3.10. The third-order valence-electron chi connectivity index (χ3n) is 5.56. The SMILES string of the molecule is CCn1nnc2c(C)c([C@H](CC(=O)O)c3ccc4c(c3)CNCC4)ccc21. The van der Waals surface area contributed by atoms with Crippen LogP contribution in [0.5, 0.6) is 0 Å². The first-order chi connectivity index (χ1) is 13.1. The second-order valence-corrected chi connectivity index (χ2v) is 7.16. The fraction of sp³-hybridized carbons (Fsp3) is 0.381. The summed E-state index contributed by atoms with van der Waals surface area (Å²) in [7, 11) is 0. The number of carbonyl (C=O) groups is 1. The van der Waals surface area contributed by atoms with Crippen LogP contribution in [0.15, 0.2) is 30.3 Å². The van der Waals surface area contributed by atoms with Gasteiger partial charge in [0.1, 0.15) is 5.52 Å². The third kappa shape index (κ3) is 3.21. The Hall–Kier alpha value is -2.73. The second kappa shape index (κ2) is 7.12. The standard InChI is InChI=1S/C21H24N4O2/c1-3-25-19-7-6-17(13(2)21(19)23-24-25)18(11-20(26)27)15-5-4-14-8-9-22-12-16(14)10-15/h4-7,10,18,22H,3,8-9,11-12H2,1-2H3,(H,26,27)/t18-/m1/s1. The minimum atomic E-state index is -0.799. The Morgan fingerprint density at radius 2 is 2.15 bits per heavy atom. The second-order valence-electron chi connectivity index (χ2n) is 7.16. The predicted octanol–water partition coefficient (Wildman–Crippen LogP) is 3.01. The number of benzene rings is 2. The van der Waals surface area contributed by atoms with Crippen molar-refractivity contribution in [2.45, 2.75) is 45.7 Å². The van der Waals surface area contributed by atoms with Crippen molar-refractivity contribution in [2.75, 3.05) is 6.54 Å². The Morgan fingerprint density at radius 3 is 2.93 bits per heavy atom. The maximum atomic E-state index is 11.6. The molecule has 0 saturated heterocycles. The molecule has 140 valence electrons. The molecule has 0 unspecified atom stereocenters. The van der Waals surface area contributed by atoms with Gasteiger partial charge in [-0.3, -0.25) is 4.79 Å². The van der Waals surface area contributed by atoms with Gasteiger partial charge < -0.3 is 10.4 Å². The number of fused-ring (bicyclic) bond motifs is 2. The van der Waals surface area contributed by atoms with Crippen LogP contribution < -0.4 is 5.32 Å². The molecule has 0 fully saturated rings. The normalized spacial score (nSPS) is 14.9. The van der Waals surface area contributed by atoms with Crippen molar-refractivity contribution >= 4 is 17.0 Å². The van der Waals surface area contributed by atoms with Crippen molar-refractivity contribution in [3.8, 4) is 0 Å². The topological polar surface area (TPSA) is 80.0 Å². The lowest BCUT2D eigenvalue weighted by atomic mass is 9.83. The van der Waals surface area contributed by atoms with Crippen LogP contribution >= 0.6 is 0 Å². The molecule has 2 heterocycles. The summed E-state index contributed by atoms with van der Waals surface area (Å²) in [6.07, 6.45) is 1.07. The summed E-state index contributed by atoms with van der Waals surface area (Å²) in [4.78, 5) is 11.6. The van der Waals surface area contributed by atoms with Crippen molar-refractivity contribution in [1.82, 2.24) is 20.3 Å². The molecule has 6 nitrogen and oxygen atoms in total. The zero-order chi connectivity index (χ0) is 19.0. The molecule has 1 aromatic heterocycles. The van der Waals surface area contributed by atoms with Crippen LogP contribution in [0.25, 0.3) is 11.0 Å². The maximum Gasteiger partial charge on any atom is 0.304 e. The molecule has 4 rings (SSSR count). The summed E-state index contributed by atoms with van der Waals surface area (Å²) in [6.45, 7) is 6.64. The van der Waals surface area contributed by atoms with Gasteiger partial charge in [0.15, 0.2) is 0 Å². The molecule has 1 atom stereocenters. The van der Waals surface area contributed by atoms with Crippen LogP contribution in [0.3, 0.4) is 0 Å². The van der Waals surface area contributed by atoms with Crippen LogP contribution in [-0.4, -0.2) is 32.6 Å². The number of aliphatic carboxylic acids is 1. The van der Waals surface area contributed by atoms with E-state index in [0.29, 0.717) is 0 Å². The number of aryl methyl sites for hydroxylation is 2. The first kappa shape index (κ1) is 17.7. The lowest BCUT2D eigenvalue weighted by molar-refractivity contribution is -0.137. The molecule has 1 aliphatic rings. The van der Waals surface area contributed by atoms with E-state index in [1.807, 2.05) is 30.7 Å². The molecular weight excluding hydrogens is 340 g/mol. The number of aromatic nitrogens is 3. The summed E-state index contributed by atoms with van der Waals surface area (Å²) in [5.74, 6) is -1.00. The van der Waals surface area contributed by atoms with Crippen LogP contribution in [0.4, 0.5) is 0 Å². The first-order valence-corrected chi connectivity index (χ1v) is 9.45. The van der Waals surface area contributed by atoms with Gasteiger partial charge in [-0.15, -0.1) is 5.10 Å². The van der Waals surface area contributed by atoms with Gasteiger partial charge in [-0.05, 0) is 60.7 Å². The number of hydrogen-bond donors (Lipinski definition) is 2. The van der Waals surface area contributed by atoms with E-state index < -0.39 is 5.97 Å². The highest BCUT2D eigenvalue weighted by Crippen LogP contribution is 2.34. The number of nitrogens with one attached hydrogen (secondary N) is 1. The van der Waals surface area contributed by atoms with Gasteiger partial charge >= 0.3 is 5.97 Å². The summed E-state index contributed by atoms with van der Waals surface area (Å²) >= 11 is 0. The van der Waals surface area contributed by atoms with E-state index in [4.69, 9.17) is 0 Å². The van der Waals surface area contributed by atoms with E-state index in [9.17, 15) is 9.90 Å². The molecule has 6 heteroatoms. The lowest BCUT2D eigenvalue weighted by Crippen LogP contribution is -2.24. The Bertz CT molecular complexity index is 1010. The number of rotatable bonds is 5. The van der Waals surface area contributed by atoms with E-state index in [1.54, 1.807) is 0 Å². The Morgan fingerprint density at radius 1 is 1.30 bits per heavy atom. The van der Waals surface area contributed by atoms with Gasteiger partial charge in [0, 0.05) is 19.0 Å². The third-order valence-corrected chi connectivity index (χ3v) is 5.56. The highest BCUT2D eigenvalue weighted by Gasteiger charge is 2.23. The maximum absolute atomic E-state index is 11.6. The van der Waals surface area contributed by atoms with Crippen LogP contribution in [0.2, 0.25) is 0 Å². The van der Waals surface area contributed by atoms with Gasteiger partial charge in [-0.2, -0.15) is 0 Å². The average molecular weight is 364 g/mol. The van der Waals surface area contributed by atoms with Crippen molar-refractivity contribution in [2.24, 2.45) is 0 Å². The number of carboxylic acids is 1. The molecule has 0 saturated carbocycles. The molecule has 0 aliphatic carbocycles. The molecule has 1 aliphatic heterocycles. The zero-order valence-corrected chi connectivity index (χ0v) is 15.7. The summed E-state index contributed by atoms with van der Waals surface area (Å²) in [6, 6.07) is 10.5. The quantitative estimate of drug-likeness (QED) is 0.727. The molecule has 27 heavy (non-hydrogen) atoms. The number of nitrogens with zero attached hydrogens (tertiary/aromatic N) is 3. The molecule has 3 aromatic rings. The summed E-state index contributed by atoms with van der Waals surface area (Å²) in [5.41, 5.74) is 7.53. The Balaban J connectivity index is 1.82. The highest BCUT2D eigenvalue weighted by atomic mass is 16.4. The monoisotopic (exact) mass is 364 g/mol. The number of hydrogen-bond acceptors (Lipinski definition) is 4. The molecular formula is C21H24N4O2. The van der Waals surface area contributed by atoms with Crippen LogP contribution in [0.1, 0.15) is 47.1 Å². The number of carboxylic acid groups (broad SMARTS) is 1. The van der Waals surface area contributed by atoms with Gasteiger partial charge in [0.25, 0.3) is 0 Å². The van der Waals surface area contributed by atoms with Gasteiger partial charge in [0.05, 0.1) is 11.9 Å². The smallest absolute Gasteiger partial charge is 0.304 e. The highest BCUT2D eigenvalue weighted by molar-refractivity contribution is 5.80. The largest absolute Gasteiger partial charge is 0.481 e. The fourth-order valence-corrected chi connectivity index (χ4v) is 4.09.